The molecule has 0 aliphatic rings. The van der Waals surface area contributed by atoms with Crippen molar-refractivity contribution in [3.63, 3.8) is 0 Å². The van der Waals surface area contributed by atoms with Crippen LogP contribution in [0.15, 0.2) is 36.4 Å². The van der Waals surface area contributed by atoms with E-state index in [2.05, 4.69) is 4.74 Å². The Morgan fingerprint density at radius 2 is 2.00 bits per heavy atom. The van der Waals surface area contributed by atoms with Crippen LogP contribution in [0, 0.1) is 5.82 Å². The van der Waals surface area contributed by atoms with Crippen LogP contribution in [0.3, 0.4) is 0 Å². The lowest BCUT2D eigenvalue weighted by Crippen LogP contribution is -2.06. The van der Waals surface area contributed by atoms with Crippen molar-refractivity contribution in [3.8, 4) is 5.75 Å². The Balaban J connectivity index is 2.53. The number of carbonyl (C=O) groups excluding carboxylic acids is 2. The van der Waals surface area contributed by atoms with Gasteiger partial charge < -0.3 is 9.47 Å². The molecular formula is C12H11FO4. The predicted octanol–water partition coefficient (Wildman–Crippen LogP) is 1.85. The largest absolute Gasteiger partial charge is 0.463 e. The van der Waals surface area contributed by atoms with Gasteiger partial charge in [-0.2, -0.15) is 0 Å². The maximum absolute atomic E-state index is 12.7. The standard InChI is InChI=1S/C12H11FO4/c1-2-16-11(14)6-7-12(15)17-10-5-3-4-9(13)8-10/h3-8H,2H2,1H3/b7-6+. The van der Waals surface area contributed by atoms with E-state index < -0.39 is 17.8 Å². The van der Waals surface area contributed by atoms with Gasteiger partial charge in [0.15, 0.2) is 0 Å². The molecule has 1 aromatic carbocycles. The summed E-state index contributed by atoms with van der Waals surface area (Å²) in [4.78, 5) is 22.1. The van der Waals surface area contributed by atoms with Crippen LogP contribution in [-0.4, -0.2) is 18.5 Å². The minimum Gasteiger partial charge on any atom is -0.463 e. The Kier molecular flexibility index (Phi) is 4.87. The first-order chi connectivity index (χ1) is 8.11. The number of hydrogen-bond acceptors (Lipinski definition) is 4. The average molecular weight is 238 g/mol. The van der Waals surface area contributed by atoms with E-state index in [0.29, 0.717) is 0 Å². The van der Waals surface area contributed by atoms with Crippen molar-refractivity contribution in [2.24, 2.45) is 0 Å². The minimum atomic E-state index is -0.774. The normalized spacial score (nSPS) is 10.2. The van der Waals surface area contributed by atoms with Gasteiger partial charge in [0.2, 0.25) is 0 Å². The summed E-state index contributed by atoms with van der Waals surface area (Å²) < 4.78 is 22.1. The van der Waals surface area contributed by atoms with Crippen molar-refractivity contribution in [1.29, 1.82) is 0 Å². The Morgan fingerprint density at radius 1 is 1.29 bits per heavy atom. The van der Waals surface area contributed by atoms with Gasteiger partial charge in [-0.25, -0.2) is 14.0 Å². The highest BCUT2D eigenvalue weighted by molar-refractivity contribution is 5.92. The van der Waals surface area contributed by atoms with E-state index in [1.54, 1.807) is 6.92 Å². The number of hydrogen-bond donors (Lipinski definition) is 0. The second-order valence-corrected chi connectivity index (χ2v) is 2.96. The second kappa shape index (κ2) is 6.42. The lowest BCUT2D eigenvalue weighted by atomic mass is 10.3. The van der Waals surface area contributed by atoms with Gasteiger partial charge in [-0.05, 0) is 19.1 Å². The molecule has 0 amide bonds. The molecule has 5 heteroatoms. The highest BCUT2D eigenvalue weighted by Crippen LogP contribution is 2.12. The summed E-state index contributed by atoms with van der Waals surface area (Å²) in [5.41, 5.74) is 0. The number of carbonyl (C=O) groups is 2. The third-order valence-electron chi connectivity index (χ3n) is 1.66. The van der Waals surface area contributed by atoms with E-state index in [1.807, 2.05) is 0 Å². The molecule has 0 aliphatic heterocycles. The van der Waals surface area contributed by atoms with Gasteiger partial charge in [-0.15, -0.1) is 0 Å². The van der Waals surface area contributed by atoms with Gasteiger partial charge >= 0.3 is 11.9 Å². The number of esters is 2. The van der Waals surface area contributed by atoms with Crippen molar-refractivity contribution in [1.82, 2.24) is 0 Å². The first-order valence-corrected chi connectivity index (χ1v) is 4.94. The molecule has 0 unspecified atom stereocenters. The van der Waals surface area contributed by atoms with E-state index in [-0.39, 0.29) is 12.4 Å². The van der Waals surface area contributed by atoms with E-state index in [1.165, 1.54) is 18.2 Å². The summed E-state index contributed by atoms with van der Waals surface area (Å²) in [6.07, 6.45) is 1.87. The SMILES string of the molecule is CCOC(=O)/C=C/C(=O)Oc1cccc(F)c1. The summed E-state index contributed by atoms with van der Waals surface area (Å²) in [6, 6.07) is 5.13. The molecule has 1 aromatic rings. The maximum Gasteiger partial charge on any atom is 0.336 e. The van der Waals surface area contributed by atoms with Crippen molar-refractivity contribution >= 4 is 11.9 Å². The van der Waals surface area contributed by atoms with Crippen molar-refractivity contribution in [2.45, 2.75) is 6.92 Å². The molecule has 4 nitrogen and oxygen atoms in total. The van der Waals surface area contributed by atoms with E-state index in [0.717, 1.165) is 18.2 Å². The summed E-state index contributed by atoms with van der Waals surface area (Å²) in [5.74, 6) is -1.85. The van der Waals surface area contributed by atoms with Crippen molar-refractivity contribution < 1.29 is 23.5 Å². The molecule has 0 atom stereocenters. The molecule has 0 aromatic heterocycles. The monoisotopic (exact) mass is 238 g/mol. The molecule has 0 radical (unpaired) electrons. The second-order valence-electron chi connectivity index (χ2n) is 2.96. The molecule has 0 heterocycles. The third-order valence-corrected chi connectivity index (χ3v) is 1.66. The molecule has 0 spiro atoms. The molecule has 0 fully saturated rings. The third kappa shape index (κ3) is 4.92. The summed E-state index contributed by atoms with van der Waals surface area (Å²) in [5, 5.41) is 0. The lowest BCUT2D eigenvalue weighted by molar-refractivity contribution is -0.138. The Bertz CT molecular complexity index is 440. The number of ether oxygens (including phenoxy) is 2. The fourth-order valence-electron chi connectivity index (χ4n) is 1.01. The molecule has 0 aliphatic carbocycles. The zero-order valence-electron chi connectivity index (χ0n) is 9.18. The topological polar surface area (TPSA) is 52.6 Å². The first-order valence-electron chi connectivity index (χ1n) is 4.94. The number of halogens is 1. The Labute approximate surface area is 97.6 Å². The van der Waals surface area contributed by atoms with Gasteiger partial charge in [0.05, 0.1) is 6.61 Å². The van der Waals surface area contributed by atoms with Gasteiger partial charge in [-0.1, -0.05) is 6.07 Å². The zero-order valence-corrected chi connectivity index (χ0v) is 9.18. The number of benzene rings is 1. The van der Waals surface area contributed by atoms with Gasteiger partial charge in [0.1, 0.15) is 11.6 Å². The van der Waals surface area contributed by atoms with Crippen LogP contribution >= 0.6 is 0 Å². The van der Waals surface area contributed by atoms with Crippen molar-refractivity contribution in [2.75, 3.05) is 6.61 Å². The predicted molar refractivity (Wildman–Crippen MR) is 57.8 cm³/mol. The molecule has 0 bridgehead atoms. The number of rotatable bonds is 4. The molecular weight excluding hydrogens is 227 g/mol. The van der Waals surface area contributed by atoms with Gasteiger partial charge in [-0.3, -0.25) is 0 Å². The summed E-state index contributed by atoms with van der Waals surface area (Å²) >= 11 is 0. The molecule has 1 rings (SSSR count). The zero-order chi connectivity index (χ0) is 12.7. The first kappa shape index (κ1) is 12.9. The van der Waals surface area contributed by atoms with Crippen LogP contribution in [0.1, 0.15) is 6.92 Å². The highest BCUT2D eigenvalue weighted by atomic mass is 19.1. The fourth-order valence-corrected chi connectivity index (χ4v) is 1.01. The maximum atomic E-state index is 12.7. The van der Waals surface area contributed by atoms with Crippen LogP contribution in [0.25, 0.3) is 0 Å². The lowest BCUT2D eigenvalue weighted by Gasteiger charge is -2.00. The molecule has 17 heavy (non-hydrogen) atoms. The fraction of sp³-hybridized carbons (Fsp3) is 0.167. The van der Waals surface area contributed by atoms with Crippen molar-refractivity contribution in [3.05, 3.63) is 42.2 Å². The van der Waals surface area contributed by atoms with Crippen LogP contribution in [0.4, 0.5) is 4.39 Å². The van der Waals surface area contributed by atoms with Crippen LogP contribution in [0.5, 0.6) is 5.75 Å². The van der Waals surface area contributed by atoms with Crippen LogP contribution < -0.4 is 4.74 Å². The molecule has 0 saturated heterocycles. The molecule has 0 N–H and O–H groups in total. The molecule has 0 saturated carbocycles. The quantitative estimate of drug-likeness (QED) is 0.456. The summed E-state index contributed by atoms with van der Waals surface area (Å²) in [6.45, 7) is 1.87. The van der Waals surface area contributed by atoms with E-state index >= 15 is 0 Å². The van der Waals surface area contributed by atoms with Gasteiger partial charge in [0.25, 0.3) is 0 Å². The van der Waals surface area contributed by atoms with E-state index in [4.69, 9.17) is 4.74 Å². The van der Waals surface area contributed by atoms with Crippen LogP contribution in [0.2, 0.25) is 0 Å². The summed E-state index contributed by atoms with van der Waals surface area (Å²) in [7, 11) is 0. The smallest absolute Gasteiger partial charge is 0.336 e. The Hall–Kier alpha value is -2.17. The van der Waals surface area contributed by atoms with Crippen LogP contribution in [-0.2, 0) is 14.3 Å². The van der Waals surface area contributed by atoms with E-state index in [9.17, 15) is 14.0 Å². The van der Waals surface area contributed by atoms with Gasteiger partial charge in [0, 0.05) is 18.2 Å². The Morgan fingerprint density at radius 3 is 2.65 bits per heavy atom. The average Bonchev–Trinajstić information content (AvgIpc) is 2.27. The highest BCUT2D eigenvalue weighted by Gasteiger charge is 2.03. The minimum absolute atomic E-state index is 0.0727. The molecule has 90 valence electrons.